The Morgan fingerprint density at radius 1 is 1.35 bits per heavy atom. The molecule has 0 saturated heterocycles. The largest absolute Gasteiger partial charge is 0.485 e. The summed E-state index contributed by atoms with van der Waals surface area (Å²) in [7, 11) is 0. The number of hydrogen-bond acceptors (Lipinski definition) is 6. The zero-order valence-corrected chi connectivity index (χ0v) is 16.8. The summed E-state index contributed by atoms with van der Waals surface area (Å²) in [5.41, 5.74) is 2.27. The molecular formula is C18H27N5O2S. The van der Waals surface area contributed by atoms with Gasteiger partial charge >= 0.3 is 0 Å². The number of carbonyl (C=O) groups excluding carboxylic acids is 1. The molecular weight excluding hydrogens is 350 g/mol. The predicted molar refractivity (Wildman–Crippen MR) is 104 cm³/mol. The van der Waals surface area contributed by atoms with Crippen LogP contribution in [-0.2, 0) is 11.4 Å². The monoisotopic (exact) mass is 377 g/mol. The van der Waals surface area contributed by atoms with Gasteiger partial charge in [0.15, 0.2) is 5.82 Å². The fraction of sp³-hybridized carbons (Fsp3) is 0.500. The molecule has 0 aliphatic heterocycles. The van der Waals surface area contributed by atoms with Crippen LogP contribution in [0.2, 0.25) is 0 Å². The van der Waals surface area contributed by atoms with Crippen molar-refractivity contribution in [3.63, 3.8) is 0 Å². The van der Waals surface area contributed by atoms with E-state index in [9.17, 15) is 4.79 Å². The first-order chi connectivity index (χ1) is 12.3. The van der Waals surface area contributed by atoms with E-state index >= 15 is 0 Å². The van der Waals surface area contributed by atoms with Gasteiger partial charge in [0.2, 0.25) is 11.1 Å². The second-order valence-electron chi connectivity index (χ2n) is 6.41. The fourth-order valence-electron chi connectivity index (χ4n) is 2.40. The average molecular weight is 378 g/mol. The SMILES string of the molecule is CCNC(=O)[C@H](C)Sc1nnc(COc2cc(C)ccc2C(C)C)n1N. The molecule has 0 saturated carbocycles. The van der Waals surface area contributed by atoms with Gasteiger partial charge < -0.3 is 15.9 Å². The standard InChI is InChI=1S/C18H27N5O2S/c1-6-20-17(24)13(5)26-18-22-21-16(23(18)19)10-25-15-9-12(4)7-8-14(15)11(2)3/h7-9,11,13H,6,10,19H2,1-5H3,(H,20,24)/t13-/m0/s1. The van der Waals surface area contributed by atoms with Crippen molar-refractivity contribution in [2.45, 2.75) is 57.5 Å². The summed E-state index contributed by atoms with van der Waals surface area (Å²) in [6.07, 6.45) is 0. The van der Waals surface area contributed by atoms with Gasteiger partial charge in [-0.1, -0.05) is 37.7 Å². The van der Waals surface area contributed by atoms with E-state index in [1.807, 2.05) is 26.8 Å². The molecule has 1 atom stereocenters. The third-order valence-corrected chi connectivity index (χ3v) is 4.94. The molecule has 2 rings (SSSR count). The van der Waals surface area contributed by atoms with E-state index in [1.165, 1.54) is 16.4 Å². The molecule has 1 amide bonds. The Kier molecular flexibility index (Phi) is 6.90. The molecule has 0 aliphatic carbocycles. The molecule has 2 aromatic rings. The Morgan fingerprint density at radius 3 is 2.73 bits per heavy atom. The highest BCUT2D eigenvalue weighted by molar-refractivity contribution is 8.00. The van der Waals surface area contributed by atoms with Crippen molar-refractivity contribution in [1.29, 1.82) is 0 Å². The van der Waals surface area contributed by atoms with Crippen LogP contribution in [0.4, 0.5) is 0 Å². The van der Waals surface area contributed by atoms with Gasteiger partial charge in [-0.2, -0.15) is 0 Å². The van der Waals surface area contributed by atoms with E-state index in [2.05, 4.69) is 41.5 Å². The average Bonchev–Trinajstić information content (AvgIpc) is 2.93. The molecule has 3 N–H and O–H groups in total. The van der Waals surface area contributed by atoms with Crippen LogP contribution in [0.1, 0.15) is 50.6 Å². The van der Waals surface area contributed by atoms with E-state index in [0.29, 0.717) is 23.4 Å². The van der Waals surface area contributed by atoms with Crippen LogP contribution in [0.25, 0.3) is 0 Å². The van der Waals surface area contributed by atoms with Crippen LogP contribution in [0.15, 0.2) is 23.4 Å². The van der Waals surface area contributed by atoms with E-state index in [1.54, 1.807) is 0 Å². The maximum atomic E-state index is 11.9. The van der Waals surface area contributed by atoms with Crippen molar-refractivity contribution in [1.82, 2.24) is 20.2 Å². The number of nitrogens with zero attached hydrogens (tertiary/aromatic N) is 3. The number of ether oxygens (including phenoxy) is 1. The molecule has 0 unspecified atom stereocenters. The zero-order valence-electron chi connectivity index (χ0n) is 15.9. The third-order valence-electron chi connectivity index (χ3n) is 3.89. The van der Waals surface area contributed by atoms with Crippen molar-refractivity contribution < 1.29 is 9.53 Å². The van der Waals surface area contributed by atoms with Gasteiger partial charge in [-0.05, 0) is 43.9 Å². The summed E-state index contributed by atoms with van der Waals surface area (Å²) in [5, 5.41) is 11.1. The van der Waals surface area contributed by atoms with Crippen molar-refractivity contribution in [3.05, 3.63) is 35.2 Å². The first-order valence-electron chi connectivity index (χ1n) is 8.70. The molecule has 1 heterocycles. The molecule has 26 heavy (non-hydrogen) atoms. The molecule has 1 aromatic heterocycles. The van der Waals surface area contributed by atoms with Gasteiger partial charge in [-0.25, -0.2) is 4.68 Å². The summed E-state index contributed by atoms with van der Waals surface area (Å²) >= 11 is 1.27. The third kappa shape index (κ3) is 4.91. The minimum atomic E-state index is -0.306. The first-order valence-corrected chi connectivity index (χ1v) is 9.58. The Bertz CT molecular complexity index is 760. The summed E-state index contributed by atoms with van der Waals surface area (Å²) in [6, 6.07) is 6.17. The summed E-state index contributed by atoms with van der Waals surface area (Å²) in [6.45, 7) is 10.8. The lowest BCUT2D eigenvalue weighted by atomic mass is 10.0. The number of aryl methyl sites for hydroxylation is 1. The van der Waals surface area contributed by atoms with Crippen molar-refractivity contribution in [3.8, 4) is 5.75 Å². The maximum Gasteiger partial charge on any atom is 0.233 e. The molecule has 8 heteroatoms. The Morgan fingerprint density at radius 2 is 2.08 bits per heavy atom. The summed E-state index contributed by atoms with van der Waals surface area (Å²) < 4.78 is 7.34. The number of nitrogens with two attached hydrogens (primary N) is 1. The van der Waals surface area contributed by atoms with E-state index in [0.717, 1.165) is 16.9 Å². The van der Waals surface area contributed by atoms with Gasteiger partial charge in [0.1, 0.15) is 12.4 Å². The number of carbonyl (C=O) groups is 1. The number of aromatic nitrogens is 3. The lowest BCUT2D eigenvalue weighted by Crippen LogP contribution is -2.31. The van der Waals surface area contributed by atoms with E-state index < -0.39 is 0 Å². The smallest absolute Gasteiger partial charge is 0.233 e. The fourth-order valence-corrected chi connectivity index (χ4v) is 3.21. The highest BCUT2D eigenvalue weighted by atomic mass is 32.2. The molecule has 1 aromatic carbocycles. The minimum Gasteiger partial charge on any atom is -0.485 e. The van der Waals surface area contributed by atoms with Gasteiger partial charge in [-0.15, -0.1) is 10.2 Å². The molecule has 0 aliphatic rings. The summed E-state index contributed by atoms with van der Waals surface area (Å²) in [5.74, 6) is 7.71. The van der Waals surface area contributed by atoms with E-state index in [4.69, 9.17) is 10.6 Å². The highest BCUT2D eigenvalue weighted by Crippen LogP contribution is 2.28. The molecule has 0 bridgehead atoms. The highest BCUT2D eigenvalue weighted by Gasteiger charge is 2.19. The van der Waals surface area contributed by atoms with Gasteiger partial charge in [0, 0.05) is 6.54 Å². The maximum absolute atomic E-state index is 11.9. The topological polar surface area (TPSA) is 95.1 Å². The first kappa shape index (κ1) is 20.1. The molecule has 142 valence electrons. The molecule has 0 spiro atoms. The number of nitrogen functional groups attached to an aromatic ring is 1. The van der Waals surface area contributed by atoms with Crippen molar-refractivity contribution in [2.24, 2.45) is 0 Å². The van der Waals surface area contributed by atoms with Gasteiger partial charge in [0.25, 0.3) is 0 Å². The van der Waals surface area contributed by atoms with Crippen LogP contribution in [0.3, 0.4) is 0 Å². The number of nitrogens with one attached hydrogen (secondary N) is 1. The normalized spacial score (nSPS) is 12.2. The predicted octanol–water partition coefficient (Wildman–Crippen LogP) is 2.62. The zero-order chi connectivity index (χ0) is 19.3. The Hall–Kier alpha value is -2.22. The van der Waals surface area contributed by atoms with E-state index in [-0.39, 0.29) is 17.8 Å². The van der Waals surface area contributed by atoms with Crippen LogP contribution >= 0.6 is 11.8 Å². The minimum absolute atomic E-state index is 0.0559. The van der Waals surface area contributed by atoms with Gasteiger partial charge in [0.05, 0.1) is 5.25 Å². The number of rotatable bonds is 8. The Labute approximate surface area is 158 Å². The van der Waals surface area contributed by atoms with Crippen LogP contribution in [-0.4, -0.2) is 32.6 Å². The van der Waals surface area contributed by atoms with Gasteiger partial charge in [-0.3, -0.25) is 4.79 Å². The lowest BCUT2D eigenvalue weighted by Gasteiger charge is -2.14. The quantitative estimate of drug-likeness (QED) is 0.542. The summed E-state index contributed by atoms with van der Waals surface area (Å²) in [4.78, 5) is 11.9. The van der Waals surface area contributed by atoms with Crippen LogP contribution < -0.4 is 15.9 Å². The van der Waals surface area contributed by atoms with Crippen molar-refractivity contribution >= 4 is 17.7 Å². The number of amides is 1. The number of benzene rings is 1. The molecule has 0 radical (unpaired) electrons. The molecule has 0 fully saturated rings. The van der Waals surface area contributed by atoms with Crippen LogP contribution in [0.5, 0.6) is 5.75 Å². The van der Waals surface area contributed by atoms with Crippen LogP contribution in [0, 0.1) is 6.92 Å². The Balaban J connectivity index is 2.07. The second kappa shape index (κ2) is 8.93. The molecule has 7 nitrogen and oxygen atoms in total. The number of hydrogen-bond donors (Lipinski definition) is 2. The van der Waals surface area contributed by atoms with Crippen molar-refractivity contribution in [2.75, 3.05) is 12.4 Å². The number of thioether (sulfide) groups is 1. The lowest BCUT2D eigenvalue weighted by molar-refractivity contribution is -0.120. The second-order valence-corrected chi connectivity index (χ2v) is 7.72.